The van der Waals surface area contributed by atoms with Gasteiger partial charge in [-0.05, 0) is 38.3 Å². The first-order valence-electron chi connectivity index (χ1n) is 7.04. The molecule has 21 heavy (non-hydrogen) atoms. The van der Waals surface area contributed by atoms with E-state index >= 15 is 0 Å². The van der Waals surface area contributed by atoms with E-state index in [1.54, 1.807) is 12.3 Å². The average Bonchev–Trinajstić information content (AvgIpc) is 2.46. The number of benzene rings is 1. The number of hydrogen-bond acceptors (Lipinski definition) is 3. The summed E-state index contributed by atoms with van der Waals surface area (Å²) in [6.45, 7) is 4.04. The van der Waals surface area contributed by atoms with Gasteiger partial charge in [-0.3, -0.25) is 9.78 Å². The summed E-state index contributed by atoms with van der Waals surface area (Å²) in [4.78, 5) is 16.2. The number of carbonyl (C=O) groups is 1. The Labute approximate surface area is 125 Å². The molecule has 0 radical (unpaired) electrons. The van der Waals surface area contributed by atoms with Crippen molar-refractivity contribution >= 4 is 11.6 Å². The number of carbonyl (C=O) groups excluding carboxylic acids is 1. The molecule has 0 spiro atoms. The van der Waals surface area contributed by atoms with Gasteiger partial charge in [-0.2, -0.15) is 0 Å². The molecule has 1 aromatic heterocycles. The Kier molecular flexibility index (Phi) is 4.58. The van der Waals surface area contributed by atoms with Crippen LogP contribution < -0.4 is 11.1 Å². The maximum atomic E-state index is 12.3. The first kappa shape index (κ1) is 15.0. The van der Waals surface area contributed by atoms with Gasteiger partial charge in [0.05, 0.1) is 17.4 Å². The van der Waals surface area contributed by atoms with Crippen molar-refractivity contribution in [2.24, 2.45) is 0 Å². The Balaban J connectivity index is 1.97. The fourth-order valence-electron chi connectivity index (χ4n) is 2.15. The van der Waals surface area contributed by atoms with Gasteiger partial charge in [0.1, 0.15) is 0 Å². The molecular formula is C17H21N3O. The Morgan fingerprint density at radius 3 is 2.62 bits per heavy atom. The zero-order valence-corrected chi connectivity index (χ0v) is 12.5. The summed E-state index contributed by atoms with van der Waals surface area (Å²) in [6.07, 6.45) is 4.84. The molecule has 0 atom stereocenters. The van der Waals surface area contributed by atoms with Crippen molar-refractivity contribution in [3.8, 4) is 0 Å². The largest absolute Gasteiger partial charge is 0.397 e. The van der Waals surface area contributed by atoms with Crippen molar-refractivity contribution in [3.63, 3.8) is 0 Å². The molecule has 0 bridgehead atoms. The molecule has 0 saturated heterocycles. The zero-order valence-electron chi connectivity index (χ0n) is 12.5. The highest BCUT2D eigenvalue weighted by atomic mass is 16.1. The Bertz CT molecular complexity index is 608. The van der Waals surface area contributed by atoms with Gasteiger partial charge in [0, 0.05) is 11.7 Å². The first-order valence-corrected chi connectivity index (χ1v) is 7.04. The third-order valence-corrected chi connectivity index (χ3v) is 3.43. The maximum absolute atomic E-state index is 12.3. The fourth-order valence-corrected chi connectivity index (χ4v) is 2.15. The van der Waals surface area contributed by atoms with E-state index in [-0.39, 0.29) is 11.4 Å². The lowest BCUT2D eigenvalue weighted by atomic mass is 9.95. The number of rotatable bonds is 5. The minimum absolute atomic E-state index is 0.159. The number of amides is 1. The molecule has 0 aliphatic rings. The number of hydrogen-bond donors (Lipinski definition) is 2. The van der Waals surface area contributed by atoms with Crippen LogP contribution in [-0.2, 0) is 6.42 Å². The quantitative estimate of drug-likeness (QED) is 0.886. The maximum Gasteiger partial charge on any atom is 0.253 e. The van der Waals surface area contributed by atoms with E-state index in [1.165, 1.54) is 11.8 Å². The number of nitrogens with one attached hydrogen (secondary N) is 1. The molecule has 0 unspecified atom stereocenters. The molecule has 4 heteroatoms. The van der Waals surface area contributed by atoms with Crippen molar-refractivity contribution in [2.45, 2.75) is 32.2 Å². The van der Waals surface area contributed by atoms with Crippen LogP contribution in [0, 0.1) is 0 Å². The van der Waals surface area contributed by atoms with E-state index in [2.05, 4.69) is 22.4 Å². The van der Waals surface area contributed by atoms with Gasteiger partial charge in [0.25, 0.3) is 5.91 Å². The number of aromatic nitrogens is 1. The standard InChI is InChI=1S/C17H21N3O/c1-17(2,10-8-13-6-4-3-5-7-13)20-16(21)14-9-11-19-12-15(14)18/h3-7,9,11-12H,8,10,18H2,1-2H3,(H,20,21). The SMILES string of the molecule is CC(C)(CCc1ccccc1)NC(=O)c1ccncc1N. The van der Waals surface area contributed by atoms with Crippen molar-refractivity contribution in [1.82, 2.24) is 10.3 Å². The summed E-state index contributed by atoms with van der Waals surface area (Å²) >= 11 is 0. The van der Waals surface area contributed by atoms with Gasteiger partial charge in [-0.15, -0.1) is 0 Å². The van der Waals surface area contributed by atoms with Crippen LogP contribution in [0.15, 0.2) is 48.8 Å². The van der Waals surface area contributed by atoms with Gasteiger partial charge >= 0.3 is 0 Å². The van der Waals surface area contributed by atoms with E-state index in [1.807, 2.05) is 32.0 Å². The lowest BCUT2D eigenvalue weighted by molar-refractivity contribution is 0.0910. The number of aryl methyl sites for hydroxylation is 1. The second-order valence-electron chi connectivity index (χ2n) is 5.79. The molecule has 1 heterocycles. The predicted octanol–water partition coefficient (Wildman–Crippen LogP) is 2.81. The zero-order chi connectivity index (χ0) is 15.3. The lowest BCUT2D eigenvalue weighted by Crippen LogP contribution is -2.44. The van der Waals surface area contributed by atoms with Gasteiger partial charge in [0.15, 0.2) is 0 Å². The van der Waals surface area contributed by atoms with Gasteiger partial charge in [-0.25, -0.2) is 0 Å². The summed E-state index contributed by atoms with van der Waals surface area (Å²) in [6, 6.07) is 11.9. The summed E-state index contributed by atoms with van der Waals surface area (Å²) in [7, 11) is 0. The molecule has 110 valence electrons. The van der Waals surface area contributed by atoms with Crippen LogP contribution in [0.5, 0.6) is 0 Å². The monoisotopic (exact) mass is 283 g/mol. The van der Waals surface area contributed by atoms with Crippen LogP contribution in [0.25, 0.3) is 0 Å². The first-order chi connectivity index (χ1) is 9.98. The predicted molar refractivity (Wildman–Crippen MR) is 85.0 cm³/mol. The van der Waals surface area contributed by atoms with E-state index in [9.17, 15) is 4.79 Å². The topological polar surface area (TPSA) is 68.0 Å². The van der Waals surface area contributed by atoms with Crippen molar-refractivity contribution in [2.75, 3.05) is 5.73 Å². The van der Waals surface area contributed by atoms with Crippen LogP contribution in [0.1, 0.15) is 36.2 Å². The van der Waals surface area contributed by atoms with Crippen LogP contribution >= 0.6 is 0 Å². The summed E-state index contributed by atoms with van der Waals surface area (Å²) in [5.41, 5.74) is 7.61. The molecule has 1 amide bonds. The Morgan fingerprint density at radius 2 is 1.95 bits per heavy atom. The highest BCUT2D eigenvalue weighted by Crippen LogP contribution is 2.16. The smallest absolute Gasteiger partial charge is 0.253 e. The van der Waals surface area contributed by atoms with Crippen LogP contribution in [0.2, 0.25) is 0 Å². The van der Waals surface area contributed by atoms with Crippen molar-refractivity contribution in [3.05, 3.63) is 59.9 Å². The Hall–Kier alpha value is -2.36. The lowest BCUT2D eigenvalue weighted by Gasteiger charge is -2.26. The summed E-state index contributed by atoms with van der Waals surface area (Å²) in [5.74, 6) is -0.159. The van der Waals surface area contributed by atoms with Crippen molar-refractivity contribution in [1.29, 1.82) is 0 Å². The third kappa shape index (κ3) is 4.31. The molecular weight excluding hydrogens is 262 g/mol. The minimum Gasteiger partial charge on any atom is -0.397 e. The molecule has 2 rings (SSSR count). The molecule has 0 fully saturated rings. The van der Waals surface area contributed by atoms with E-state index in [0.717, 1.165) is 12.8 Å². The molecule has 0 saturated carbocycles. The number of pyridine rings is 1. The second kappa shape index (κ2) is 6.39. The molecule has 0 aliphatic carbocycles. The molecule has 1 aromatic carbocycles. The van der Waals surface area contributed by atoms with Crippen LogP contribution in [0.4, 0.5) is 5.69 Å². The van der Waals surface area contributed by atoms with E-state index in [4.69, 9.17) is 5.73 Å². The van der Waals surface area contributed by atoms with Crippen LogP contribution in [-0.4, -0.2) is 16.4 Å². The normalized spacial score (nSPS) is 11.1. The average molecular weight is 283 g/mol. The van der Waals surface area contributed by atoms with E-state index < -0.39 is 0 Å². The number of nitrogens with zero attached hydrogens (tertiary/aromatic N) is 1. The van der Waals surface area contributed by atoms with Crippen molar-refractivity contribution < 1.29 is 4.79 Å². The summed E-state index contributed by atoms with van der Waals surface area (Å²) < 4.78 is 0. The van der Waals surface area contributed by atoms with Crippen LogP contribution in [0.3, 0.4) is 0 Å². The minimum atomic E-state index is -0.303. The number of nitrogen functional groups attached to an aromatic ring is 1. The second-order valence-corrected chi connectivity index (χ2v) is 5.79. The highest BCUT2D eigenvalue weighted by Gasteiger charge is 2.22. The Morgan fingerprint density at radius 1 is 1.24 bits per heavy atom. The fraction of sp³-hybridized carbons (Fsp3) is 0.294. The highest BCUT2D eigenvalue weighted by molar-refractivity contribution is 5.99. The van der Waals surface area contributed by atoms with Gasteiger partial charge in [-0.1, -0.05) is 30.3 Å². The number of nitrogens with two attached hydrogens (primary N) is 1. The third-order valence-electron chi connectivity index (χ3n) is 3.43. The molecule has 4 nitrogen and oxygen atoms in total. The molecule has 0 aliphatic heterocycles. The number of anilines is 1. The molecule has 2 aromatic rings. The molecule has 3 N–H and O–H groups in total. The van der Waals surface area contributed by atoms with Gasteiger partial charge < -0.3 is 11.1 Å². The van der Waals surface area contributed by atoms with Gasteiger partial charge in [0.2, 0.25) is 0 Å². The summed E-state index contributed by atoms with van der Waals surface area (Å²) in [5, 5.41) is 3.04. The van der Waals surface area contributed by atoms with E-state index in [0.29, 0.717) is 11.3 Å².